The van der Waals surface area contributed by atoms with E-state index >= 15 is 0 Å². The van der Waals surface area contributed by atoms with Crippen LogP contribution in [0.25, 0.3) is 0 Å². The second-order valence-corrected chi connectivity index (χ2v) is 5.59. The van der Waals surface area contributed by atoms with E-state index in [1.807, 2.05) is 6.07 Å². The topological polar surface area (TPSA) is 86.2 Å². The van der Waals surface area contributed by atoms with Gasteiger partial charge in [0.2, 0.25) is 11.1 Å². The van der Waals surface area contributed by atoms with Crippen LogP contribution in [0, 0.1) is 5.92 Å². The first-order valence-electron chi connectivity index (χ1n) is 6.27. The Kier molecular flexibility index (Phi) is 5.00. The van der Waals surface area contributed by atoms with Crippen molar-refractivity contribution < 1.29 is 5.11 Å². The maximum absolute atomic E-state index is 9.58. The van der Waals surface area contributed by atoms with Crippen molar-refractivity contribution in [2.45, 2.75) is 19.0 Å². The predicted molar refractivity (Wildman–Crippen MR) is 81.3 cm³/mol. The van der Waals surface area contributed by atoms with Gasteiger partial charge in [-0.2, -0.15) is 10.1 Å². The van der Waals surface area contributed by atoms with Crippen LogP contribution in [0.5, 0.6) is 5.75 Å². The van der Waals surface area contributed by atoms with E-state index in [1.54, 1.807) is 30.0 Å². The van der Waals surface area contributed by atoms with Gasteiger partial charge in [-0.15, -0.1) is 5.10 Å². The highest BCUT2D eigenvalue weighted by Gasteiger charge is 2.04. The molecule has 20 heavy (non-hydrogen) atoms. The molecule has 0 radical (unpaired) electrons. The summed E-state index contributed by atoms with van der Waals surface area (Å²) in [4.78, 5) is 4.24. The van der Waals surface area contributed by atoms with Crippen LogP contribution >= 0.6 is 11.8 Å². The number of nitrogens with zero attached hydrogens (tertiary/aromatic N) is 3. The number of aromatic amines is 1. The molecule has 1 heterocycles. The molecular formula is C13H17N5OS. The van der Waals surface area contributed by atoms with Crippen LogP contribution in [0.15, 0.2) is 34.5 Å². The zero-order valence-electron chi connectivity index (χ0n) is 11.4. The number of phenols is 1. The summed E-state index contributed by atoms with van der Waals surface area (Å²) >= 11 is 1.60. The highest BCUT2D eigenvalue weighted by atomic mass is 32.2. The van der Waals surface area contributed by atoms with Crippen LogP contribution in [0.4, 0.5) is 5.95 Å². The zero-order chi connectivity index (χ0) is 14.4. The lowest BCUT2D eigenvalue weighted by molar-refractivity contribution is 0.474. The smallest absolute Gasteiger partial charge is 0.240 e. The largest absolute Gasteiger partial charge is 0.507 e. The first-order valence-corrected chi connectivity index (χ1v) is 7.26. The van der Waals surface area contributed by atoms with Crippen LogP contribution in [0.2, 0.25) is 0 Å². The molecule has 0 aliphatic carbocycles. The minimum absolute atomic E-state index is 0.184. The summed E-state index contributed by atoms with van der Waals surface area (Å²) in [6, 6.07) is 6.96. The number of hydrogen-bond acceptors (Lipinski definition) is 6. The van der Waals surface area contributed by atoms with Crippen LogP contribution in [0.1, 0.15) is 19.4 Å². The molecule has 6 nitrogen and oxygen atoms in total. The number of anilines is 1. The number of thioether (sulfide) groups is 1. The van der Waals surface area contributed by atoms with Gasteiger partial charge in [0.1, 0.15) is 5.75 Å². The Balaban J connectivity index is 1.89. The standard InChI is InChI=1S/C13H17N5OS/c1-9(2)8-20-13-15-12(17-18-13)16-14-7-10-5-3-4-6-11(10)19/h3-7,9,19H,8H2,1-2H3,(H2,15,16,17,18)/b14-7-. The van der Waals surface area contributed by atoms with Gasteiger partial charge in [0.15, 0.2) is 0 Å². The number of aromatic hydroxyl groups is 1. The maximum Gasteiger partial charge on any atom is 0.240 e. The van der Waals surface area contributed by atoms with Crippen LogP contribution < -0.4 is 5.43 Å². The number of para-hydroxylation sites is 1. The molecule has 0 amide bonds. The lowest BCUT2D eigenvalue weighted by Gasteiger charge is -1.99. The van der Waals surface area contributed by atoms with Crippen molar-refractivity contribution in [1.29, 1.82) is 0 Å². The Morgan fingerprint density at radius 3 is 3.00 bits per heavy atom. The number of hydrogen-bond donors (Lipinski definition) is 3. The van der Waals surface area contributed by atoms with Crippen molar-refractivity contribution in [3.05, 3.63) is 29.8 Å². The maximum atomic E-state index is 9.58. The van der Waals surface area contributed by atoms with E-state index in [-0.39, 0.29) is 5.75 Å². The fourth-order valence-corrected chi connectivity index (χ4v) is 2.11. The Morgan fingerprint density at radius 1 is 1.45 bits per heavy atom. The van der Waals surface area contributed by atoms with Gasteiger partial charge >= 0.3 is 0 Å². The number of benzene rings is 1. The van der Waals surface area contributed by atoms with E-state index < -0.39 is 0 Å². The van der Waals surface area contributed by atoms with Gasteiger partial charge in [-0.3, -0.25) is 0 Å². The second-order valence-electron chi connectivity index (χ2n) is 4.60. The Labute approximate surface area is 121 Å². The molecule has 0 saturated heterocycles. The first-order chi connectivity index (χ1) is 9.65. The molecule has 0 atom stereocenters. The average molecular weight is 291 g/mol. The van der Waals surface area contributed by atoms with Crippen LogP contribution in [0.3, 0.4) is 0 Å². The monoisotopic (exact) mass is 291 g/mol. The third-order valence-electron chi connectivity index (χ3n) is 2.32. The lowest BCUT2D eigenvalue weighted by atomic mass is 10.2. The van der Waals surface area contributed by atoms with Crippen LogP contribution in [-0.4, -0.2) is 32.3 Å². The molecule has 0 aliphatic heterocycles. The molecule has 0 spiro atoms. The summed E-state index contributed by atoms with van der Waals surface area (Å²) in [6.45, 7) is 4.30. The van der Waals surface area contributed by atoms with Crippen molar-refractivity contribution >= 4 is 23.9 Å². The molecular weight excluding hydrogens is 274 g/mol. The van der Waals surface area contributed by atoms with Crippen molar-refractivity contribution in [2.75, 3.05) is 11.2 Å². The SMILES string of the molecule is CC(C)CSc1n[nH]c(N/N=C\c2ccccc2O)n1. The van der Waals surface area contributed by atoms with Gasteiger partial charge in [0.05, 0.1) is 6.21 Å². The van der Waals surface area contributed by atoms with Gasteiger partial charge < -0.3 is 5.11 Å². The molecule has 2 rings (SSSR count). The third-order valence-corrected chi connectivity index (χ3v) is 3.60. The van der Waals surface area contributed by atoms with E-state index in [4.69, 9.17) is 0 Å². The minimum atomic E-state index is 0.184. The average Bonchev–Trinajstić information content (AvgIpc) is 2.87. The van der Waals surface area contributed by atoms with Crippen molar-refractivity contribution in [3.8, 4) is 5.75 Å². The number of rotatable bonds is 6. The van der Waals surface area contributed by atoms with Crippen molar-refractivity contribution in [2.24, 2.45) is 11.0 Å². The molecule has 0 fully saturated rings. The highest BCUT2D eigenvalue weighted by Crippen LogP contribution is 2.17. The second kappa shape index (κ2) is 6.95. The van der Waals surface area contributed by atoms with Gasteiger partial charge in [-0.05, 0) is 18.1 Å². The number of aromatic nitrogens is 3. The molecule has 7 heteroatoms. The van der Waals surface area contributed by atoms with Crippen molar-refractivity contribution in [1.82, 2.24) is 15.2 Å². The van der Waals surface area contributed by atoms with Gasteiger partial charge in [0.25, 0.3) is 0 Å². The van der Waals surface area contributed by atoms with Gasteiger partial charge in [0, 0.05) is 11.3 Å². The van der Waals surface area contributed by atoms with Crippen LogP contribution in [-0.2, 0) is 0 Å². The van der Waals surface area contributed by atoms with E-state index in [0.717, 1.165) is 5.75 Å². The minimum Gasteiger partial charge on any atom is -0.507 e. The molecule has 0 aliphatic rings. The quantitative estimate of drug-likeness (QED) is 0.433. The fourth-order valence-electron chi connectivity index (χ4n) is 1.36. The Hall–Kier alpha value is -2.02. The van der Waals surface area contributed by atoms with E-state index in [2.05, 4.69) is 39.6 Å². The molecule has 0 saturated carbocycles. The van der Waals surface area contributed by atoms with E-state index in [0.29, 0.717) is 22.6 Å². The van der Waals surface area contributed by atoms with Gasteiger partial charge in [-0.1, -0.05) is 37.7 Å². The highest BCUT2D eigenvalue weighted by molar-refractivity contribution is 7.99. The molecule has 106 valence electrons. The summed E-state index contributed by atoms with van der Waals surface area (Å²) in [5.41, 5.74) is 3.38. The molecule has 0 unspecified atom stereocenters. The normalized spacial score (nSPS) is 11.3. The third kappa shape index (κ3) is 4.27. The molecule has 0 bridgehead atoms. The Bertz CT molecular complexity index is 582. The zero-order valence-corrected chi connectivity index (χ0v) is 12.2. The number of hydrazone groups is 1. The summed E-state index contributed by atoms with van der Waals surface area (Å²) in [7, 11) is 0. The molecule has 1 aromatic carbocycles. The number of nitrogens with one attached hydrogen (secondary N) is 2. The fraction of sp³-hybridized carbons (Fsp3) is 0.308. The van der Waals surface area contributed by atoms with Crippen molar-refractivity contribution in [3.63, 3.8) is 0 Å². The summed E-state index contributed by atoms with van der Waals surface area (Å²) < 4.78 is 0. The molecule has 1 aromatic heterocycles. The Morgan fingerprint density at radius 2 is 2.25 bits per heavy atom. The predicted octanol–water partition coefficient (Wildman–Crippen LogP) is 2.70. The summed E-state index contributed by atoms with van der Waals surface area (Å²) in [6.07, 6.45) is 1.53. The summed E-state index contributed by atoms with van der Waals surface area (Å²) in [5, 5.41) is 21.1. The number of H-pyrrole nitrogens is 1. The van der Waals surface area contributed by atoms with E-state index in [1.165, 1.54) is 6.21 Å². The molecule has 3 N–H and O–H groups in total. The van der Waals surface area contributed by atoms with E-state index in [9.17, 15) is 5.11 Å². The molecule has 2 aromatic rings. The van der Waals surface area contributed by atoms with Gasteiger partial charge in [-0.25, -0.2) is 10.5 Å². The first kappa shape index (κ1) is 14.4. The number of phenolic OH excluding ortho intramolecular Hbond substituents is 1. The summed E-state index contributed by atoms with van der Waals surface area (Å²) in [5.74, 6) is 2.22. The lowest BCUT2D eigenvalue weighted by Crippen LogP contribution is -1.93.